The van der Waals surface area contributed by atoms with Crippen LogP contribution in [0, 0.1) is 11.8 Å². The molecule has 0 aliphatic rings. The number of carbonyl (C=O) groups excluding carboxylic acids is 1. The van der Waals surface area contributed by atoms with Gasteiger partial charge >= 0.3 is 5.97 Å². The van der Waals surface area contributed by atoms with Crippen LogP contribution in [0.4, 0.5) is 0 Å². The predicted molar refractivity (Wildman–Crippen MR) is 74.4 cm³/mol. The topological polar surface area (TPSA) is 63.6 Å². The molecule has 0 heterocycles. The number of carboxylic acid groups (broad SMARTS) is 1. The molecule has 1 aromatic carbocycles. The van der Waals surface area contributed by atoms with Gasteiger partial charge in [0.1, 0.15) is 5.75 Å². The molecular formula is C14H14O4S. The van der Waals surface area contributed by atoms with Gasteiger partial charge in [0.2, 0.25) is 0 Å². The second-order valence-corrected chi connectivity index (χ2v) is 4.83. The van der Waals surface area contributed by atoms with Crippen molar-refractivity contribution in [3.05, 3.63) is 29.3 Å². The Morgan fingerprint density at radius 3 is 2.74 bits per heavy atom. The summed E-state index contributed by atoms with van der Waals surface area (Å²) in [6, 6.07) is 5.13. The van der Waals surface area contributed by atoms with Gasteiger partial charge in [-0.3, -0.25) is 9.59 Å². The van der Waals surface area contributed by atoms with Crippen LogP contribution in [0.15, 0.2) is 18.2 Å². The largest absolute Gasteiger partial charge is 0.496 e. The molecule has 1 rings (SSSR count). The smallest absolute Gasteiger partial charge is 0.307 e. The molecule has 1 aromatic rings. The second-order valence-electron chi connectivity index (χ2n) is 3.68. The minimum atomic E-state index is -0.907. The number of ether oxygens (including phenoxy) is 1. The summed E-state index contributed by atoms with van der Waals surface area (Å²) in [6.45, 7) is 1.50. The Labute approximate surface area is 116 Å². The third-order valence-corrected chi connectivity index (χ3v) is 2.90. The monoisotopic (exact) mass is 278 g/mol. The minimum Gasteiger partial charge on any atom is -0.496 e. The van der Waals surface area contributed by atoms with Crippen molar-refractivity contribution in [2.45, 2.75) is 13.3 Å². The molecule has 0 spiro atoms. The van der Waals surface area contributed by atoms with E-state index in [1.807, 2.05) is 0 Å². The molecule has 0 aromatic heterocycles. The fourth-order valence-corrected chi connectivity index (χ4v) is 1.75. The van der Waals surface area contributed by atoms with Crippen LogP contribution in [0.1, 0.15) is 18.1 Å². The molecular weight excluding hydrogens is 264 g/mol. The molecule has 0 saturated carbocycles. The quantitative estimate of drug-likeness (QED) is 0.853. The molecule has 0 radical (unpaired) electrons. The van der Waals surface area contributed by atoms with Gasteiger partial charge in [0.05, 0.1) is 19.3 Å². The Bertz CT molecular complexity index is 540. The van der Waals surface area contributed by atoms with E-state index in [9.17, 15) is 9.59 Å². The highest BCUT2D eigenvalue weighted by atomic mass is 32.2. The summed E-state index contributed by atoms with van der Waals surface area (Å²) in [5.74, 6) is 5.81. The van der Waals surface area contributed by atoms with Gasteiger partial charge in [-0.25, -0.2) is 0 Å². The van der Waals surface area contributed by atoms with Gasteiger partial charge < -0.3 is 9.84 Å². The Morgan fingerprint density at radius 1 is 1.42 bits per heavy atom. The Hall–Kier alpha value is -1.93. The van der Waals surface area contributed by atoms with E-state index in [1.54, 1.807) is 18.2 Å². The van der Waals surface area contributed by atoms with Gasteiger partial charge in [-0.1, -0.05) is 29.7 Å². The van der Waals surface area contributed by atoms with Crippen LogP contribution in [-0.2, 0) is 16.0 Å². The lowest BCUT2D eigenvalue weighted by Crippen LogP contribution is -2.02. The average Bonchev–Trinajstić information content (AvgIpc) is 2.35. The van der Waals surface area contributed by atoms with Gasteiger partial charge in [0, 0.05) is 18.1 Å². The van der Waals surface area contributed by atoms with E-state index in [1.165, 1.54) is 14.0 Å². The molecule has 19 heavy (non-hydrogen) atoms. The first kappa shape index (κ1) is 15.1. The summed E-state index contributed by atoms with van der Waals surface area (Å²) in [4.78, 5) is 21.4. The van der Waals surface area contributed by atoms with Crippen LogP contribution in [0.25, 0.3) is 0 Å². The van der Waals surface area contributed by atoms with Crippen LogP contribution in [0.2, 0.25) is 0 Å². The average molecular weight is 278 g/mol. The van der Waals surface area contributed by atoms with Crippen molar-refractivity contribution in [3.8, 4) is 17.6 Å². The van der Waals surface area contributed by atoms with E-state index >= 15 is 0 Å². The fraction of sp³-hybridized carbons (Fsp3) is 0.286. The molecule has 0 unspecified atom stereocenters. The number of aliphatic carboxylic acids is 1. The normalized spacial score (nSPS) is 9.37. The van der Waals surface area contributed by atoms with Crippen molar-refractivity contribution in [1.82, 2.24) is 0 Å². The number of rotatable bonds is 4. The first-order valence-corrected chi connectivity index (χ1v) is 6.52. The molecule has 1 N–H and O–H groups in total. The second kappa shape index (κ2) is 7.49. The number of hydrogen-bond acceptors (Lipinski definition) is 4. The van der Waals surface area contributed by atoms with Gasteiger partial charge in [-0.05, 0) is 12.1 Å². The van der Waals surface area contributed by atoms with E-state index in [0.29, 0.717) is 17.1 Å². The molecule has 0 atom stereocenters. The van der Waals surface area contributed by atoms with Crippen LogP contribution < -0.4 is 4.74 Å². The predicted octanol–water partition coefficient (Wildman–Crippen LogP) is 1.95. The highest BCUT2D eigenvalue weighted by Crippen LogP contribution is 2.20. The molecule has 0 aliphatic heterocycles. The number of carboxylic acids is 1. The Morgan fingerprint density at radius 2 is 2.16 bits per heavy atom. The van der Waals surface area contributed by atoms with Crippen molar-refractivity contribution < 1.29 is 19.4 Å². The maximum absolute atomic E-state index is 10.7. The highest BCUT2D eigenvalue weighted by Gasteiger charge is 2.07. The van der Waals surface area contributed by atoms with E-state index in [-0.39, 0.29) is 11.5 Å². The summed E-state index contributed by atoms with van der Waals surface area (Å²) >= 11 is 1.15. The molecule has 0 bridgehead atoms. The summed E-state index contributed by atoms with van der Waals surface area (Å²) in [5, 5.41) is 8.79. The summed E-state index contributed by atoms with van der Waals surface area (Å²) in [7, 11) is 1.49. The van der Waals surface area contributed by atoms with Crippen LogP contribution in [-0.4, -0.2) is 29.1 Å². The zero-order chi connectivity index (χ0) is 14.3. The summed E-state index contributed by atoms with van der Waals surface area (Å²) in [5.41, 5.74) is 1.34. The maximum atomic E-state index is 10.7. The molecule has 0 aliphatic carbocycles. The van der Waals surface area contributed by atoms with Crippen LogP contribution in [0.3, 0.4) is 0 Å². The van der Waals surface area contributed by atoms with E-state index in [2.05, 4.69) is 11.8 Å². The molecule has 0 fully saturated rings. The van der Waals surface area contributed by atoms with Gasteiger partial charge in [-0.2, -0.15) is 0 Å². The number of benzene rings is 1. The zero-order valence-electron chi connectivity index (χ0n) is 10.7. The number of carbonyl (C=O) groups is 2. The third-order valence-electron chi connectivity index (χ3n) is 2.21. The number of hydrogen-bond donors (Lipinski definition) is 1. The molecule has 0 saturated heterocycles. The van der Waals surface area contributed by atoms with Gasteiger partial charge in [0.15, 0.2) is 5.12 Å². The Balaban J connectivity index is 2.81. The number of methoxy groups -OCH3 is 1. The first-order valence-electron chi connectivity index (χ1n) is 5.54. The zero-order valence-corrected chi connectivity index (χ0v) is 11.5. The summed E-state index contributed by atoms with van der Waals surface area (Å²) in [6.07, 6.45) is -0.0862. The molecule has 0 amide bonds. The van der Waals surface area contributed by atoms with Crippen molar-refractivity contribution >= 4 is 22.8 Å². The summed E-state index contributed by atoms with van der Waals surface area (Å²) < 4.78 is 5.14. The maximum Gasteiger partial charge on any atom is 0.307 e. The van der Waals surface area contributed by atoms with E-state index in [4.69, 9.17) is 9.84 Å². The number of thioether (sulfide) groups is 1. The van der Waals surface area contributed by atoms with Crippen LogP contribution >= 0.6 is 11.8 Å². The Kier molecular flexibility index (Phi) is 5.97. The lowest BCUT2D eigenvalue weighted by molar-refractivity contribution is -0.136. The van der Waals surface area contributed by atoms with Crippen molar-refractivity contribution in [1.29, 1.82) is 0 Å². The first-order chi connectivity index (χ1) is 9.02. The minimum absolute atomic E-state index is 0.0312. The van der Waals surface area contributed by atoms with E-state index in [0.717, 1.165) is 17.3 Å². The SMILES string of the molecule is COc1cc(C#CCSC(C)=O)ccc1CC(=O)O. The lowest BCUT2D eigenvalue weighted by Gasteiger charge is -2.06. The van der Waals surface area contributed by atoms with Gasteiger partial charge in [-0.15, -0.1) is 0 Å². The third kappa shape index (κ3) is 5.49. The van der Waals surface area contributed by atoms with E-state index < -0.39 is 5.97 Å². The van der Waals surface area contributed by atoms with Crippen molar-refractivity contribution in [3.63, 3.8) is 0 Å². The highest BCUT2D eigenvalue weighted by molar-refractivity contribution is 8.13. The molecule has 100 valence electrons. The fourth-order valence-electron chi connectivity index (χ4n) is 1.41. The standard InChI is InChI=1S/C14H14O4S/c1-10(15)19-7-3-4-11-5-6-12(9-14(16)17)13(8-11)18-2/h5-6,8H,7,9H2,1-2H3,(H,16,17). The molecule has 4 nitrogen and oxygen atoms in total. The van der Waals surface area contributed by atoms with Crippen molar-refractivity contribution in [2.75, 3.05) is 12.9 Å². The van der Waals surface area contributed by atoms with Crippen molar-refractivity contribution in [2.24, 2.45) is 0 Å². The lowest BCUT2D eigenvalue weighted by atomic mass is 10.1. The van der Waals surface area contributed by atoms with Gasteiger partial charge in [0.25, 0.3) is 0 Å². The van der Waals surface area contributed by atoms with Crippen LogP contribution in [0.5, 0.6) is 5.75 Å². The molecule has 5 heteroatoms.